The lowest BCUT2D eigenvalue weighted by molar-refractivity contribution is -0.182. The quantitative estimate of drug-likeness (QED) is 0.218. The normalized spacial score (nSPS) is 30.0. The lowest BCUT2D eigenvalue weighted by Crippen LogP contribution is -2.65. The van der Waals surface area contributed by atoms with Gasteiger partial charge in [0.2, 0.25) is 70.9 Å². The van der Waals surface area contributed by atoms with Crippen molar-refractivity contribution in [3.63, 3.8) is 0 Å². The Balaban J connectivity index is 1.26. The fourth-order valence-corrected chi connectivity index (χ4v) is 17.0. The number of likely N-dealkylation sites (N-methyl/N-ethyl adjacent to an activating group) is 7. The molecular weight excluding hydrogens is 1310 g/mol. The molecule has 10 atom stereocenters. The van der Waals surface area contributed by atoms with Crippen LogP contribution in [0.1, 0.15) is 201 Å². The molecule has 7 rings (SSSR count). The zero-order valence-corrected chi connectivity index (χ0v) is 61.2. The van der Waals surface area contributed by atoms with E-state index < -0.39 is 162 Å². The summed E-state index contributed by atoms with van der Waals surface area (Å²) in [5.74, 6) is -10.0. The van der Waals surface area contributed by atoms with Gasteiger partial charge in [0.1, 0.15) is 47.8 Å². The standard InChI is InChI=1S/C71H114ClF3N12O12/c1-11-51-64(94)81(6)43-59(90)79(4)44-60(91)83(8)55(40-46-24-15-12-16-25-46)66(96)80(5)42-57(88)76-52(32-30-47-29-31-49(50(72)39-47)71(73,74)75)65(95)87-37-23-28-53(87)63(93)78-70(33-19-20-34-70)69(99)85(10)61(48-26-17-13-18-27-48)68(98)84(9)56(67(97)86-35-21-14-22-36-86)41-58(89)82(7)54(38-45(2)3)62(92)77-51/h45-56,61H,11-44H2,1-10H3,(H,76,88)(H,77,92)(H,78,93)/t47?,49?,50?,51-,52-,53-,54-,55-,56-,61-/m0/s1. The second-order valence-electron chi connectivity index (χ2n) is 30.3. The summed E-state index contributed by atoms with van der Waals surface area (Å²) in [6, 6.07) is -8.46. The third-order valence-electron chi connectivity index (χ3n) is 22.7. The molecule has 4 aliphatic carbocycles. The number of alkyl halides is 4. The van der Waals surface area contributed by atoms with Gasteiger partial charge in [-0.1, -0.05) is 85.0 Å². The van der Waals surface area contributed by atoms with E-state index in [9.17, 15) is 41.9 Å². The Kier molecular flexibility index (Phi) is 29.1. The first-order valence-electron chi connectivity index (χ1n) is 36.8. The first-order chi connectivity index (χ1) is 46.8. The molecule has 28 heteroatoms. The Labute approximate surface area is 588 Å². The fourth-order valence-electron chi connectivity index (χ4n) is 16.5. The van der Waals surface area contributed by atoms with E-state index >= 15 is 28.8 Å². The summed E-state index contributed by atoms with van der Waals surface area (Å²) < 4.78 is 42.0. The van der Waals surface area contributed by atoms with Crippen LogP contribution in [0, 0.1) is 29.6 Å². The molecule has 3 saturated heterocycles. The van der Waals surface area contributed by atoms with Crippen LogP contribution in [-0.4, -0.2) is 263 Å². The molecule has 7 fully saturated rings. The number of fused-ring (bicyclic) bond motifs is 1. The SMILES string of the molecule is CC[C@@H]1NC(=O)[C@H](CC(C)C)N(C)C(=O)C[C@@H](C(=O)N2CCCCC2)N(C)C(=O)[C@H](C2CCCCC2)N(C)C(=O)C2(CCCC2)NC(=O)[C@@H]2CCCN2C(=O)[C@H](CCC2CCC(C(F)(F)F)C(Cl)C2)NC(=O)CN(C)C(=O)[C@H](CC2CCCCC2)N(C)C(=O)CN(C)C(=O)CN(C)C1=O. The van der Waals surface area contributed by atoms with Crippen molar-refractivity contribution < 1.29 is 70.7 Å². The number of piperidine rings is 1. The van der Waals surface area contributed by atoms with Gasteiger partial charge in [0.15, 0.2) is 0 Å². The molecule has 7 aliphatic rings. The van der Waals surface area contributed by atoms with Crippen molar-refractivity contribution in [1.29, 1.82) is 0 Å². The highest BCUT2D eigenvalue weighted by atomic mass is 35.5. The lowest BCUT2D eigenvalue weighted by atomic mass is 9.78. The van der Waals surface area contributed by atoms with E-state index in [4.69, 9.17) is 11.6 Å². The molecule has 0 aromatic heterocycles. The molecule has 3 heterocycles. The Morgan fingerprint density at radius 3 is 1.77 bits per heavy atom. The Hall–Kier alpha value is -6.28. The fraction of sp³-hybridized carbons (Fsp3) is 0.831. The summed E-state index contributed by atoms with van der Waals surface area (Å²) in [4.78, 5) is 190. The maximum atomic E-state index is 15.8. The summed E-state index contributed by atoms with van der Waals surface area (Å²) in [6.07, 6.45) is 7.68. The zero-order chi connectivity index (χ0) is 72.8. The van der Waals surface area contributed by atoms with Gasteiger partial charge in [0, 0.05) is 74.3 Å². The molecule has 0 aromatic rings. The van der Waals surface area contributed by atoms with E-state index in [1.165, 1.54) is 73.8 Å². The van der Waals surface area contributed by atoms with Crippen LogP contribution in [0.3, 0.4) is 0 Å². The van der Waals surface area contributed by atoms with Crippen LogP contribution in [-0.2, 0) is 57.5 Å². The van der Waals surface area contributed by atoms with Crippen LogP contribution in [0.5, 0.6) is 0 Å². The molecule has 12 amide bonds. The smallest absolute Gasteiger partial charge is 0.343 e. The van der Waals surface area contributed by atoms with Gasteiger partial charge in [-0.05, 0) is 133 Å². The van der Waals surface area contributed by atoms with E-state index in [2.05, 4.69) is 16.0 Å². The van der Waals surface area contributed by atoms with Gasteiger partial charge in [-0.25, -0.2) is 0 Å². The van der Waals surface area contributed by atoms with E-state index in [0.29, 0.717) is 58.0 Å². The topological polar surface area (TPSA) is 270 Å². The molecule has 3 aliphatic heterocycles. The van der Waals surface area contributed by atoms with Crippen LogP contribution in [0.4, 0.5) is 13.2 Å². The summed E-state index contributed by atoms with van der Waals surface area (Å²) in [5, 5.41) is 7.54. The van der Waals surface area contributed by atoms with Crippen molar-refractivity contribution in [3.05, 3.63) is 0 Å². The minimum atomic E-state index is -4.51. The number of halogens is 4. The monoisotopic (exact) mass is 1420 g/mol. The van der Waals surface area contributed by atoms with Gasteiger partial charge in [0.05, 0.1) is 32.0 Å². The Morgan fingerprint density at radius 1 is 0.566 bits per heavy atom. The first-order valence-corrected chi connectivity index (χ1v) is 37.2. The highest BCUT2D eigenvalue weighted by Gasteiger charge is 2.52. The van der Waals surface area contributed by atoms with E-state index in [1.54, 1.807) is 11.8 Å². The van der Waals surface area contributed by atoms with Gasteiger partial charge in [-0.15, -0.1) is 11.6 Å². The van der Waals surface area contributed by atoms with Gasteiger partial charge < -0.3 is 60.0 Å². The van der Waals surface area contributed by atoms with Gasteiger partial charge in [-0.2, -0.15) is 13.2 Å². The molecule has 4 saturated carbocycles. The summed E-state index contributed by atoms with van der Waals surface area (Å²) in [5.41, 5.74) is -1.55. The van der Waals surface area contributed by atoms with Crippen molar-refractivity contribution in [1.82, 2.24) is 60.0 Å². The highest BCUT2D eigenvalue weighted by Crippen LogP contribution is 2.44. The van der Waals surface area contributed by atoms with Crippen LogP contribution in [0.2, 0.25) is 0 Å². The van der Waals surface area contributed by atoms with Crippen molar-refractivity contribution in [3.8, 4) is 0 Å². The molecule has 3 N–H and O–H groups in total. The van der Waals surface area contributed by atoms with Crippen molar-refractivity contribution >= 4 is 82.5 Å². The van der Waals surface area contributed by atoms with Crippen molar-refractivity contribution in [2.75, 3.05) is 88.6 Å². The van der Waals surface area contributed by atoms with Gasteiger partial charge in [0.25, 0.3) is 0 Å². The second-order valence-corrected chi connectivity index (χ2v) is 30.9. The average Bonchev–Trinajstić information content (AvgIpc) is 1.73. The minimum Gasteiger partial charge on any atom is -0.343 e. The van der Waals surface area contributed by atoms with E-state index in [0.717, 1.165) is 72.5 Å². The number of likely N-dealkylation sites (tertiary alicyclic amines) is 1. The number of nitrogens with zero attached hydrogens (tertiary/aromatic N) is 9. The lowest BCUT2D eigenvalue weighted by Gasteiger charge is -2.43. The molecule has 99 heavy (non-hydrogen) atoms. The van der Waals surface area contributed by atoms with Crippen LogP contribution in [0.15, 0.2) is 0 Å². The Morgan fingerprint density at radius 2 is 1.16 bits per heavy atom. The third kappa shape index (κ3) is 20.5. The second kappa shape index (κ2) is 36.0. The maximum absolute atomic E-state index is 15.8. The predicted octanol–water partition coefficient (Wildman–Crippen LogP) is 5.85. The van der Waals surface area contributed by atoms with Gasteiger partial charge in [-0.3, -0.25) is 57.5 Å². The van der Waals surface area contributed by atoms with Crippen LogP contribution < -0.4 is 16.0 Å². The molecule has 24 nitrogen and oxygen atoms in total. The Bertz CT molecular complexity index is 2870. The van der Waals surface area contributed by atoms with E-state index in [1.807, 2.05) is 13.8 Å². The third-order valence-corrected chi connectivity index (χ3v) is 23.2. The molecule has 558 valence electrons. The number of carbonyl (C=O) groups is 12. The summed E-state index contributed by atoms with van der Waals surface area (Å²) in [6.45, 7) is 4.65. The molecule has 1 spiro atoms. The minimum absolute atomic E-state index is 0.00368. The number of hydrogen-bond acceptors (Lipinski definition) is 12. The zero-order valence-electron chi connectivity index (χ0n) is 60.5. The number of rotatable bonds is 10. The highest BCUT2D eigenvalue weighted by molar-refractivity contribution is 6.21. The molecule has 0 bridgehead atoms. The largest absolute Gasteiger partial charge is 0.393 e. The molecule has 0 radical (unpaired) electrons. The molecule has 3 unspecified atom stereocenters. The summed E-state index contributed by atoms with van der Waals surface area (Å²) in [7, 11) is 10.1. The number of nitrogens with one attached hydrogen (secondary N) is 3. The summed E-state index contributed by atoms with van der Waals surface area (Å²) >= 11 is 6.40. The van der Waals surface area contributed by atoms with Crippen LogP contribution >= 0.6 is 11.6 Å². The predicted molar refractivity (Wildman–Crippen MR) is 365 cm³/mol. The van der Waals surface area contributed by atoms with Gasteiger partial charge >= 0.3 is 6.18 Å². The molecule has 0 aromatic carbocycles. The number of amides is 12. The van der Waals surface area contributed by atoms with Crippen molar-refractivity contribution in [2.45, 2.75) is 260 Å². The van der Waals surface area contributed by atoms with Crippen LogP contribution in [0.25, 0.3) is 0 Å². The van der Waals surface area contributed by atoms with E-state index in [-0.39, 0.29) is 101 Å². The number of carbonyl (C=O) groups excluding carboxylic acids is 12. The molecular formula is C71H114ClF3N12O12. The maximum Gasteiger partial charge on any atom is 0.393 e. The van der Waals surface area contributed by atoms with Crippen molar-refractivity contribution in [2.24, 2.45) is 29.6 Å². The number of hydrogen-bond donors (Lipinski definition) is 3. The average molecular weight is 1420 g/mol. The first kappa shape index (κ1) is 80.0.